The lowest BCUT2D eigenvalue weighted by atomic mass is 10.0. The number of amides is 1. The Morgan fingerprint density at radius 1 is 0.821 bits per heavy atom. The lowest BCUT2D eigenvalue weighted by Gasteiger charge is -2.21. The number of carbonyl (C=O) groups excluding carboxylic acids is 2. The molecule has 0 bridgehead atoms. The van der Waals surface area contributed by atoms with Crippen molar-refractivity contribution in [2.75, 3.05) is 6.54 Å². The van der Waals surface area contributed by atoms with E-state index in [1.807, 2.05) is 6.07 Å². The van der Waals surface area contributed by atoms with Crippen molar-refractivity contribution in [1.29, 1.82) is 0 Å². The Labute approximate surface area is 236 Å². The van der Waals surface area contributed by atoms with Gasteiger partial charge >= 0.3 is 5.97 Å². The largest absolute Gasteiger partial charge is 0.455 e. The summed E-state index contributed by atoms with van der Waals surface area (Å²) < 4.78 is 5.57. The molecule has 7 nitrogen and oxygen atoms in total. The van der Waals surface area contributed by atoms with Crippen LogP contribution in [-0.2, 0) is 4.74 Å². The van der Waals surface area contributed by atoms with E-state index in [2.05, 4.69) is 15.3 Å². The molecule has 1 heterocycles. The standard InChI is InChI=1S/C30H27Cl2N3O4/c1-30(2,3)39-29(38)27-26(28(37)33-17-23(36)18-7-5-4-6-8-18)34-24(19-9-13-21(31)14-10-19)25(35-27)20-11-15-22(32)16-12-20/h4-16,23,36H,17H2,1-3H3,(H,33,37). The zero-order chi connectivity index (χ0) is 28.2. The zero-order valence-corrected chi connectivity index (χ0v) is 23.1. The molecule has 4 rings (SSSR count). The molecule has 9 heteroatoms. The number of benzene rings is 3. The molecule has 1 unspecified atom stereocenters. The normalized spacial score (nSPS) is 12.1. The van der Waals surface area contributed by atoms with Gasteiger partial charge in [0.15, 0.2) is 11.4 Å². The molecule has 1 aromatic heterocycles. The van der Waals surface area contributed by atoms with Crippen molar-refractivity contribution in [3.63, 3.8) is 0 Å². The number of nitrogens with zero attached hydrogens (tertiary/aromatic N) is 2. The molecule has 0 aliphatic rings. The fraction of sp³-hybridized carbons (Fsp3) is 0.200. The lowest BCUT2D eigenvalue weighted by Crippen LogP contribution is -2.33. The Bertz CT molecular complexity index is 1470. The van der Waals surface area contributed by atoms with Gasteiger partial charge in [-0.3, -0.25) is 4.79 Å². The number of halogens is 2. The molecule has 0 saturated carbocycles. The maximum absolute atomic E-state index is 13.4. The molecule has 39 heavy (non-hydrogen) atoms. The summed E-state index contributed by atoms with van der Waals surface area (Å²) in [5, 5.41) is 14.3. The Morgan fingerprint density at radius 3 is 1.79 bits per heavy atom. The molecule has 2 N–H and O–H groups in total. The van der Waals surface area contributed by atoms with Gasteiger partial charge in [0.1, 0.15) is 5.60 Å². The van der Waals surface area contributed by atoms with Crippen molar-refractivity contribution in [1.82, 2.24) is 15.3 Å². The van der Waals surface area contributed by atoms with Crippen LogP contribution in [0.1, 0.15) is 53.4 Å². The number of hydrogen-bond acceptors (Lipinski definition) is 6. The molecule has 0 aliphatic heterocycles. The van der Waals surface area contributed by atoms with E-state index >= 15 is 0 Å². The first-order valence-corrected chi connectivity index (χ1v) is 13.0. The number of carbonyl (C=O) groups is 2. The molecule has 0 saturated heterocycles. The van der Waals surface area contributed by atoms with E-state index in [0.717, 1.165) is 0 Å². The number of aliphatic hydroxyl groups excluding tert-OH is 1. The topological polar surface area (TPSA) is 101 Å². The van der Waals surface area contributed by atoms with Gasteiger partial charge in [0.05, 0.1) is 17.5 Å². The number of rotatable bonds is 7. The first-order valence-electron chi connectivity index (χ1n) is 12.2. The Balaban J connectivity index is 1.83. The molecule has 0 radical (unpaired) electrons. The van der Waals surface area contributed by atoms with Crippen molar-refractivity contribution in [2.45, 2.75) is 32.5 Å². The Hall–Kier alpha value is -3.78. The molecule has 200 valence electrons. The first-order chi connectivity index (χ1) is 18.5. The summed E-state index contributed by atoms with van der Waals surface area (Å²) in [7, 11) is 0. The van der Waals surface area contributed by atoms with Gasteiger partial charge in [0.2, 0.25) is 0 Å². The van der Waals surface area contributed by atoms with Gasteiger partial charge in [-0.05, 0) is 50.6 Å². The van der Waals surface area contributed by atoms with Crippen LogP contribution in [-0.4, -0.2) is 39.1 Å². The van der Waals surface area contributed by atoms with E-state index in [-0.39, 0.29) is 17.9 Å². The summed E-state index contributed by atoms with van der Waals surface area (Å²) in [6.45, 7) is 5.05. The second-order valence-corrected chi connectivity index (χ2v) is 10.6. The summed E-state index contributed by atoms with van der Waals surface area (Å²) in [4.78, 5) is 36.0. The van der Waals surface area contributed by atoms with Gasteiger partial charge in [0.25, 0.3) is 5.91 Å². The maximum Gasteiger partial charge on any atom is 0.359 e. The van der Waals surface area contributed by atoms with Crippen molar-refractivity contribution in [3.8, 4) is 22.5 Å². The molecule has 0 fully saturated rings. The molecule has 1 atom stereocenters. The quantitative estimate of drug-likeness (QED) is 0.248. The van der Waals surface area contributed by atoms with Crippen molar-refractivity contribution in [3.05, 3.63) is 106 Å². The predicted molar refractivity (Wildman–Crippen MR) is 152 cm³/mol. The molecule has 4 aromatic rings. The van der Waals surface area contributed by atoms with Crippen LogP contribution in [0.15, 0.2) is 78.9 Å². The minimum Gasteiger partial charge on any atom is -0.455 e. The van der Waals surface area contributed by atoms with Crippen molar-refractivity contribution in [2.24, 2.45) is 0 Å². The van der Waals surface area contributed by atoms with Crippen molar-refractivity contribution >= 4 is 35.1 Å². The smallest absolute Gasteiger partial charge is 0.359 e. The zero-order valence-electron chi connectivity index (χ0n) is 21.6. The predicted octanol–water partition coefficient (Wildman–Crippen LogP) is 6.54. The molecule has 3 aromatic carbocycles. The van der Waals surface area contributed by atoms with E-state index in [1.165, 1.54) is 0 Å². The molecule has 1 amide bonds. The van der Waals surface area contributed by atoms with Gasteiger partial charge in [-0.1, -0.05) is 77.8 Å². The maximum atomic E-state index is 13.4. The summed E-state index contributed by atoms with van der Waals surface area (Å²) >= 11 is 12.2. The van der Waals surface area contributed by atoms with Crippen LogP contribution in [0.25, 0.3) is 22.5 Å². The van der Waals surface area contributed by atoms with Gasteiger partial charge < -0.3 is 15.2 Å². The number of nitrogens with one attached hydrogen (secondary N) is 1. The van der Waals surface area contributed by atoms with Gasteiger partial charge in [0, 0.05) is 27.7 Å². The molecule has 0 spiro atoms. The number of ether oxygens (including phenoxy) is 1. The SMILES string of the molecule is CC(C)(C)OC(=O)c1nc(-c2ccc(Cl)cc2)c(-c2ccc(Cl)cc2)nc1C(=O)NCC(O)c1ccccc1. The summed E-state index contributed by atoms with van der Waals surface area (Å²) in [5.41, 5.74) is 1.29. The van der Waals surface area contributed by atoms with Crippen LogP contribution in [0.3, 0.4) is 0 Å². The first kappa shape index (κ1) is 28.2. The van der Waals surface area contributed by atoms with E-state index in [9.17, 15) is 14.7 Å². The third kappa shape index (κ3) is 7.20. The molecular formula is C30H27Cl2N3O4. The van der Waals surface area contributed by atoms with Crippen LogP contribution in [0.4, 0.5) is 0 Å². The number of esters is 1. The molecule has 0 aliphatic carbocycles. The lowest BCUT2D eigenvalue weighted by molar-refractivity contribution is 0.00602. The summed E-state index contributed by atoms with van der Waals surface area (Å²) in [6.07, 6.45) is -0.961. The van der Waals surface area contributed by atoms with Crippen LogP contribution < -0.4 is 5.32 Å². The third-order valence-electron chi connectivity index (χ3n) is 5.58. The minimum atomic E-state index is -0.961. The van der Waals surface area contributed by atoms with Crippen LogP contribution in [0, 0.1) is 0 Å². The highest BCUT2D eigenvalue weighted by atomic mass is 35.5. The highest BCUT2D eigenvalue weighted by molar-refractivity contribution is 6.31. The fourth-order valence-corrected chi connectivity index (χ4v) is 4.00. The minimum absolute atomic E-state index is 0.104. The van der Waals surface area contributed by atoms with Crippen LogP contribution in [0.2, 0.25) is 10.0 Å². The van der Waals surface area contributed by atoms with Gasteiger partial charge in [-0.2, -0.15) is 0 Å². The fourth-order valence-electron chi connectivity index (χ4n) is 3.75. The third-order valence-corrected chi connectivity index (χ3v) is 6.08. The van der Waals surface area contributed by atoms with Gasteiger partial charge in [-0.15, -0.1) is 0 Å². The second-order valence-electron chi connectivity index (χ2n) is 9.77. The number of aliphatic hydroxyl groups is 1. The van der Waals surface area contributed by atoms with Gasteiger partial charge in [-0.25, -0.2) is 14.8 Å². The van der Waals surface area contributed by atoms with E-state index in [1.54, 1.807) is 93.6 Å². The van der Waals surface area contributed by atoms with Crippen LogP contribution in [0.5, 0.6) is 0 Å². The highest BCUT2D eigenvalue weighted by Gasteiger charge is 2.29. The van der Waals surface area contributed by atoms with E-state index in [0.29, 0.717) is 38.1 Å². The summed E-state index contributed by atoms with van der Waals surface area (Å²) in [6, 6.07) is 22.7. The average molecular weight is 564 g/mol. The second kappa shape index (κ2) is 11.9. The molecular weight excluding hydrogens is 537 g/mol. The Kier molecular flexibility index (Phi) is 8.65. The monoisotopic (exact) mass is 563 g/mol. The average Bonchev–Trinajstić information content (AvgIpc) is 2.91. The summed E-state index contributed by atoms with van der Waals surface area (Å²) in [5.74, 6) is -1.49. The van der Waals surface area contributed by atoms with Crippen molar-refractivity contribution < 1.29 is 19.4 Å². The Morgan fingerprint density at radius 2 is 1.31 bits per heavy atom. The van der Waals surface area contributed by atoms with E-state index < -0.39 is 23.6 Å². The highest BCUT2D eigenvalue weighted by Crippen LogP contribution is 2.32. The number of aromatic nitrogens is 2. The number of hydrogen-bond donors (Lipinski definition) is 2. The van der Waals surface area contributed by atoms with Crippen LogP contribution >= 0.6 is 23.2 Å². The van der Waals surface area contributed by atoms with E-state index in [4.69, 9.17) is 27.9 Å².